The maximum absolute atomic E-state index is 8.72. The number of aromatic nitrogens is 1. The normalized spacial score (nSPS) is 10.2. The summed E-state index contributed by atoms with van der Waals surface area (Å²) < 4.78 is 0. The van der Waals surface area contributed by atoms with Crippen LogP contribution in [0.2, 0.25) is 15.1 Å². The highest BCUT2D eigenvalue weighted by Crippen LogP contribution is 2.38. The Kier molecular flexibility index (Phi) is 4.16. The Morgan fingerprint density at radius 1 is 1.16 bits per heavy atom. The molecule has 1 aromatic heterocycles. The van der Waals surface area contributed by atoms with Crippen molar-refractivity contribution in [3.05, 3.63) is 45.0 Å². The third kappa shape index (κ3) is 2.93. The number of pyridine rings is 1. The molecule has 0 unspecified atom stereocenters. The van der Waals surface area contributed by atoms with E-state index in [4.69, 9.17) is 45.8 Å². The number of hydrogen-bond acceptors (Lipinski definition) is 3. The van der Waals surface area contributed by atoms with Gasteiger partial charge in [0.05, 0.1) is 22.5 Å². The minimum absolute atomic E-state index is 0.242. The van der Waals surface area contributed by atoms with E-state index < -0.39 is 0 Å². The van der Waals surface area contributed by atoms with E-state index in [0.29, 0.717) is 32.0 Å². The smallest absolute Gasteiger partial charge is 0.131 e. The van der Waals surface area contributed by atoms with Gasteiger partial charge in [-0.1, -0.05) is 34.8 Å². The quantitative estimate of drug-likeness (QED) is 0.838. The zero-order chi connectivity index (χ0) is 14.0. The summed E-state index contributed by atoms with van der Waals surface area (Å²) in [6.07, 6.45) is 1.80. The number of nitrogens with two attached hydrogens (primary N) is 1. The first-order valence-electron chi connectivity index (χ1n) is 5.29. The van der Waals surface area contributed by atoms with Crippen molar-refractivity contribution in [1.29, 1.82) is 5.26 Å². The fraction of sp³-hybridized carbons (Fsp3) is 0.0769. The highest BCUT2D eigenvalue weighted by atomic mass is 35.5. The lowest BCUT2D eigenvalue weighted by molar-refractivity contribution is 1.20. The van der Waals surface area contributed by atoms with E-state index >= 15 is 0 Å². The fourth-order valence-corrected chi connectivity index (χ4v) is 2.38. The zero-order valence-corrected chi connectivity index (χ0v) is 11.9. The van der Waals surface area contributed by atoms with Crippen LogP contribution in [0.15, 0.2) is 24.4 Å². The van der Waals surface area contributed by atoms with E-state index in [2.05, 4.69) is 11.1 Å². The summed E-state index contributed by atoms with van der Waals surface area (Å²) in [6, 6.07) is 7.04. The van der Waals surface area contributed by atoms with Crippen LogP contribution in [-0.2, 0) is 6.42 Å². The van der Waals surface area contributed by atoms with Gasteiger partial charge in [-0.3, -0.25) is 0 Å². The minimum Gasteiger partial charge on any atom is -0.383 e. The van der Waals surface area contributed by atoms with E-state index in [-0.39, 0.29) is 6.42 Å². The van der Waals surface area contributed by atoms with Gasteiger partial charge in [-0.05, 0) is 23.8 Å². The van der Waals surface area contributed by atoms with E-state index in [1.54, 1.807) is 24.4 Å². The van der Waals surface area contributed by atoms with E-state index in [0.717, 1.165) is 5.56 Å². The molecular weight excluding hydrogens is 305 g/mol. The molecule has 0 bridgehead atoms. The molecule has 1 aromatic carbocycles. The van der Waals surface area contributed by atoms with Gasteiger partial charge in [0.1, 0.15) is 5.82 Å². The maximum atomic E-state index is 8.72. The van der Waals surface area contributed by atoms with Crippen molar-refractivity contribution < 1.29 is 0 Å². The number of halogens is 3. The number of rotatable bonds is 2. The lowest BCUT2D eigenvalue weighted by Gasteiger charge is -2.10. The molecule has 1 heterocycles. The maximum Gasteiger partial charge on any atom is 0.131 e. The van der Waals surface area contributed by atoms with Crippen LogP contribution in [-0.4, -0.2) is 4.98 Å². The Morgan fingerprint density at radius 3 is 2.58 bits per heavy atom. The van der Waals surface area contributed by atoms with Crippen LogP contribution in [0.1, 0.15) is 5.56 Å². The Hall–Kier alpha value is -1.47. The molecule has 0 amide bonds. The predicted molar refractivity (Wildman–Crippen MR) is 78.4 cm³/mol. The summed E-state index contributed by atoms with van der Waals surface area (Å²) >= 11 is 18.1. The number of nitrogens with zero attached hydrogens (tertiary/aromatic N) is 2. The summed E-state index contributed by atoms with van der Waals surface area (Å²) in [6.45, 7) is 0. The third-order valence-electron chi connectivity index (χ3n) is 2.54. The van der Waals surface area contributed by atoms with Crippen molar-refractivity contribution in [2.45, 2.75) is 6.42 Å². The second-order valence-corrected chi connectivity index (χ2v) is 5.08. The van der Waals surface area contributed by atoms with Crippen molar-refractivity contribution in [2.75, 3.05) is 5.73 Å². The Balaban J connectivity index is 2.65. The number of nitrogen functional groups attached to an aromatic ring is 1. The summed E-state index contributed by atoms with van der Waals surface area (Å²) in [5.74, 6) is 0.307. The second-order valence-electron chi connectivity index (χ2n) is 3.86. The van der Waals surface area contributed by atoms with Gasteiger partial charge < -0.3 is 5.73 Å². The Morgan fingerprint density at radius 2 is 1.89 bits per heavy atom. The zero-order valence-electron chi connectivity index (χ0n) is 9.62. The van der Waals surface area contributed by atoms with Gasteiger partial charge in [-0.15, -0.1) is 0 Å². The lowest BCUT2D eigenvalue weighted by atomic mass is 10.0. The van der Waals surface area contributed by atoms with Gasteiger partial charge in [-0.25, -0.2) is 4.98 Å². The highest BCUT2D eigenvalue weighted by molar-refractivity contribution is 6.45. The molecule has 0 aliphatic rings. The molecule has 0 fully saturated rings. The van der Waals surface area contributed by atoms with Crippen LogP contribution in [0.25, 0.3) is 11.1 Å². The van der Waals surface area contributed by atoms with Gasteiger partial charge >= 0.3 is 0 Å². The average molecular weight is 313 g/mol. The highest BCUT2D eigenvalue weighted by Gasteiger charge is 2.13. The van der Waals surface area contributed by atoms with Gasteiger partial charge in [0.2, 0.25) is 0 Å². The monoisotopic (exact) mass is 311 g/mol. The predicted octanol–water partition coefficient (Wildman–Crippen LogP) is 4.36. The van der Waals surface area contributed by atoms with Crippen LogP contribution < -0.4 is 5.73 Å². The van der Waals surface area contributed by atoms with Crippen molar-refractivity contribution in [3.63, 3.8) is 0 Å². The molecule has 0 saturated heterocycles. The first kappa shape index (κ1) is 14.0. The molecular formula is C13H8Cl3N3. The Bertz CT molecular complexity index is 678. The van der Waals surface area contributed by atoms with Crippen LogP contribution in [0, 0.1) is 11.3 Å². The number of anilines is 1. The summed E-state index contributed by atoms with van der Waals surface area (Å²) in [4.78, 5) is 4.06. The van der Waals surface area contributed by atoms with Crippen LogP contribution >= 0.6 is 34.8 Å². The number of hydrogen-bond donors (Lipinski definition) is 1. The van der Waals surface area contributed by atoms with Gasteiger partial charge in [0.25, 0.3) is 0 Å². The van der Waals surface area contributed by atoms with E-state index in [9.17, 15) is 0 Å². The van der Waals surface area contributed by atoms with E-state index in [1.807, 2.05) is 0 Å². The van der Waals surface area contributed by atoms with Crippen molar-refractivity contribution >= 4 is 40.6 Å². The summed E-state index contributed by atoms with van der Waals surface area (Å²) in [7, 11) is 0. The molecule has 0 saturated carbocycles. The lowest BCUT2D eigenvalue weighted by Crippen LogP contribution is -1.97. The molecule has 2 aromatic rings. The second kappa shape index (κ2) is 5.66. The molecule has 0 spiro atoms. The summed E-state index contributed by atoms with van der Waals surface area (Å²) in [5, 5.41) is 9.87. The van der Waals surface area contributed by atoms with Crippen LogP contribution in [0.5, 0.6) is 0 Å². The molecule has 0 aliphatic heterocycles. The topological polar surface area (TPSA) is 62.7 Å². The first-order chi connectivity index (χ1) is 9.02. The van der Waals surface area contributed by atoms with Crippen molar-refractivity contribution in [3.8, 4) is 17.2 Å². The molecule has 3 nitrogen and oxygen atoms in total. The SMILES string of the molecule is N#CCc1cnc(N)c(-c2cc(Cl)cc(Cl)c2Cl)c1. The number of nitriles is 1. The third-order valence-corrected chi connectivity index (χ3v) is 3.56. The van der Waals surface area contributed by atoms with Gasteiger partial charge in [0.15, 0.2) is 0 Å². The van der Waals surface area contributed by atoms with Gasteiger partial charge in [0, 0.05) is 22.3 Å². The van der Waals surface area contributed by atoms with Crippen molar-refractivity contribution in [2.24, 2.45) is 0 Å². The van der Waals surface area contributed by atoms with Gasteiger partial charge in [-0.2, -0.15) is 5.26 Å². The number of benzene rings is 1. The molecule has 2 N–H and O–H groups in total. The molecule has 0 atom stereocenters. The minimum atomic E-state index is 0.242. The average Bonchev–Trinajstić information content (AvgIpc) is 2.36. The molecule has 2 rings (SSSR count). The standard InChI is InChI=1S/C13H8Cl3N3/c14-8-4-9(12(16)11(15)5-8)10-3-7(1-2-17)6-19-13(10)18/h3-6H,1H2,(H2,18,19). The molecule has 19 heavy (non-hydrogen) atoms. The first-order valence-corrected chi connectivity index (χ1v) is 6.42. The summed E-state index contributed by atoms with van der Waals surface area (Å²) in [5.41, 5.74) is 7.81. The Labute approximate surface area is 125 Å². The van der Waals surface area contributed by atoms with Crippen LogP contribution in [0.3, 0.4) is 0 Å². The van der Waals surface area contributed by atoms with E-state index in [1.165, 1.54) is 0 Å². The molecule has 96 valence electrons. The molecule has 0 radical (unpaired) electrons. The van der Waals surface area contributed by atoms with Crippen molar-refractivity contribution in [1.82, 2.24) is 4.98 Å². The largest absolute Gasteiger partial charge is 0.383 e. The van der Waals surface area contributed by atoms with Crippen LogP contribution in [0.4, 0.5) is 5.82 Å². The molecule has 6 heteroatoms. The molecule has 0 aliphatic carbocycles. The fourth-order valence-electron chi connectivity index (χ4n) is 1.67.